The molecule has 0 atom stereocenters. The maximum Gasteiger partial charge on any atom is 0.273 e. The molecule has 2 N–H and O–H groups in total. The van der Waals surface area contributed by atoms with E-state index in [4.69, 9.17) is 4.74 Å². The number of ether oxygens (including phenoxy) is 1. The number of anilines is 2. The van der Waals surface area contributed by atoms with Crippen LogP contribution >= 0.6 is 11.3 Å². The Hall–Kier alpha value is -3.50. The molecule has 5 rings (SSSR count). The normalized spacial score (nSPS) is 14.2. The number of thiazole rings is 1. The number of nitrogens with zero attached hydrogens (tertiary/aromatic N) is 3. The number of aromatic amines is 1. The van der Waals surface area contributed by atoms with Gasteiger partial charge < -0.3 is 15.0 Å². The summed E-state index contributed by atoms with van der Waals surface area (Å²) < 4.78 is 7.57. The van der Waals surface area contributed by atoms with E-state index in [1.54, 1.807) is 35.6 Å². The summed E-state index contributed by atoms with van der Waals surface area (Å²) in [6, 6.07) is 12.2. The molecule has 0 radical (unpaired) electrons. The predicted molar refractivity (Wildman–Crippen MR) is 125 cm³/mol. The molecule has 0 saturated carbocycles. The molecule has 2 aromatic heterocycles. The lowest BCUT2D eigenvalue weighted by Crippen LogP contribution is -2.36. The zero-order valence-corrected chi connectivity index (χ0v) is 18.0. The quantitative estimate of drug-likeness (QED) is 0.481. The molecule has 4 aromatic rings. The molecule has 1 aliphatic heterocycles. The summed E-state index contributed by atoms with van der Waals surface area (Å²) in [5.41, 5.74) is 0.871. The molecule has 164 valence electrons. The molecule has 32 heavy (non-hydrogen) atoms. The van der Waals surface area contributed by atoms with Crippen LogP contribution < -0.4 is 21.3 Å². The standard InChI is InChI=1S/C22H21N5O4S/c28-19(7-8-27-21(30)16-4-2-1-3-15(16)20(29)25-27)23-14-5-6-17-18(13-14)32-22(24-17)26-9-11-31-12-10-26/h1-6,13H,7-12H2,(H,23,28)(H,25,29). The van der Waals surface area contributed by atoms with Gasteiger partial charge in [0.15, 0.2) is 5.13 Å². The Bertz CT molecular complexity index is 1420. The third kappa shape index (κ3) is 4.02. The molecule has 0 bridgehead atoms. The summed E-state index contributed by atoms with van der Waals surface area (Å²) in [5.74, 6) is -0.247. The van der Waals surface area contributed by atoms with Crippen LogP contribution in [0.25, 0.3) is 21.0 Å². The SMILES string of the molecule is O=C(CCn1[nH]c(=O)c2ccccc2c1=O)Nc1ccc2nc(N3CCOCC3)sc2c1. The van der Waals surface area contributed by atoms with Gasteiger partial charge in [0, 0.05) is 25.2 Å². The molecule has 1 amide bonds. The van der Waals surface area contributed by atoms with Gasteiger partial charge in [0.2, 0.25) is 5.91 Å². The molecule has 0 unspecified atom stereocenters. The average molecular weight is 452 g/mol. The lowest BCUT2D eigenvalue weighted by molar-refractivity contribution is -0.116. The Balaban J connectivity index is 1.28. The van der Waals surface area contributed by atoms with Crippen molar-refractivity contribution in [3.8, 4) is 0 Å². The predicted octanol–water partition coefficient (Wildman–Crippen LogP) is 2.16. The van der Waals surface area contributed by atoms with Gasteiger partial charge in [-0.2, -0.15) is 0 Å². The molecule has 0 spiro atoms. The van der Waals surface area contributed by atoms with E-state index in [9.17, 15) is 14.4 Å². The van der Waals surface area contributed by atoms with E-state index in [0.29, 0.717) is 29.7 Å². The van der Waals surface area contributed by atoms with Crippen LogP contribution in [0.15, 0.2) is 52.1 Å². The largest absolute Gasteiger partial charge is 0.378 e. The minimum atomic E-state index is -0.354. The van der Waals surface area contributed by atoms with Gasteiger partial charge in [-0.25, -0.2) is 9.67 Å². The monoisotopic (exact) mass is 451 g/mol. The van der Waals surface area contributed by atoms with Crippen LogP contribution in [0.2, 0.25) is 0 Å². The first-order valence-corrected chi connectivity index (χ1v) is 11.2. The lowest BCUT2D eigenvalue weighted by Gasteiger charge is -2.25. The van der Waals surface area contributed by atoms with Gasteiger partial charge in [-0.3, -0.25) is 19.5 Å². The third-order valence-corrected chi connectivity index (χ3v) is 6.47. The number of carbonyl (C=O) groups is 1. The van der Waals surface area contributed by atoms with Crippen molar-refractivity contribution in [1.29, 1.82) is 0 Å². The minimum absolute atomic E-state index is 0.0495. The van der Waals surface area contributed by atoms with Gasteiger partial charge in [0.05, 0.1) is 40.7 Å². The van der Waals surface area contributed by atoms with Crippen LogP contribution in [0.4, 0.5) is 10.8 Å². The van der Waals surface area contributed by atoms with Crippen molar-refractivity contribution in [3.05, 3.63) is 63.2 Å². The van der Waals surface area contributed by atoms with Crippen LogP contribution in [0.5, 0.6) is 0 Å². The second kappa shape index (κ2) is 8.56. The molecule has 3 heterocycles. The number of morpholine rings is 1. The highest BCUT2D eigenvalue weighted by Gasteiger charge is 2.16. The average Bonchev–Trinajstić information content (AvgIpc) is 3.25. The van der Waals surface area contributed by atoms with Crippen molar-refractivity contribution in [2.24, 2.45) is 0 Å². The number of carbonyl (C=O) groups excluding carboxylic acids is 1. The topological polar surface area (TPSA) is 109 Å². The van der Waals surface area contributed by atoms with Gasteiger partial charge in [0.1, 0.15) is 0 Å². The summed E-state index contributed by atoms with van der Waals surface area (Å²) in [7, 11) is 0. The summed E-state index contributed by atoms with van der Waals surface area (Å²) in [4.78, 5) is 44.1. The minimum Gasteiger partial charge on any atom is -0.378 e. The van der Waals surface area contributed by atoms with Gasteiger partial charge in [0.25, 0.3) is 11.1 Å². The van der Waals surface area contributed by atoms with Crippen LogP contribution in [-0.4, -0.2) is 47.0 Å². The van der Waals surface area contributed by atoms with E-state index in [1.165, 1.54) is 4.68 Å². The summed E-state index contributed by atoms with van der Waals surface area (Å²) in [6.07, 6.45) is 0.0495. The fraction of sp³-hybridized carbons (Fsp3) is 0.273. The maximum atomic E-state index is 12.6. The van der Waals surface area contributed by atoms with E-state index in [1.807, 2.05) is 18.2 Å². The highest BCUT2D eigenvalue weighted by molar-refractivity contribution is 7.22. The van der Waals surface area contributed by atoms with E-state index in [0.717, 1.165) is 28.4 Å². The van der Waals surface area contributed by atoms with Crippen molar-refractivity contribution in [1.82, 2.24) is 14.8 Å². The molecule has 10 heteroatoms. The van der Waals surface area contributed by atoms with Gasteiger partial charge in [-0.15, -0.1) is 0 Å². The number of benzene rings is 2. The Labute approximate surface area is 186 Å². The molecule has 0 aliphatic carbocycles. The van der Waals surface area contributed by atoms with Crippen LogP contribution in [0.1, 0.15) is 6.42 Å². The molecule has 9 nitrogen and oxygen atoms in total. The maximum absolute atomic E-state index is 12.6. The zero-order valence-electron chi connectivity index (χ0n) is 17.2. The summed E-state index contributed by atoms with van der Waals surface area (Å²) in [6.45, 7) is 3.11. The van der Waals surface area contributed by atoms with Crippen LogP contribution in [-0.2, 0) is 16.1 Å². The van der Waals surface area contributed by atoms with Crippen molar-refractivity contribution in [3.63, 3.8) is 0 Å². The first-order valence-electron chi connectivity index (χ1n) is 10.3. The Morgan fingerprint density at radius 3 is 2.72 bits per heavy atom. The zero-order chi connectivity index (χ0) is 22.1. The first-order chi connectivity index (χ1) is 15.6. The number of nitrogens with one attached hydrogen (secondary N) is 2. The smallest absolute Gasteiger partial charge is 0.273 e. The van der Waals surface area contributed by atoms with Gasteiger partial charge in [-0.05, 0) is 30.3 Å². The van der Waals surface area contributed by atoms with E-state index < -0.39 is 0 Å². The van der Waals surface area contributed by atoms with Crippen molar-refractivity contribution in [2.75, 3.05) is 36.5 Å². The molecule has 1 saturated heterocycles. The summed E-state index contributed by atoms with van der Waals surface area (Å²) >= 11 is 1.58. The second-order valence-electron chi connectivity index (χ2n) is 7.52. The highest BCUT2D eigenvalue weighted by atomic mass is 32.1. The number of fused-ring (bicyclic) bond motifs is 2. The van der Waals surface area contributed by atoms with Crippen molar-refractivity contribution < 1.29 is 9.53 Å². The molecule has 2 aromatic carbocycles. The lowest BCUT2D eigenvalue weighted by atomic mass is 10.2. The fourth-order valence-corrected chi connectivity index (χ4v) is 4.78. The van der Waals surface area contributed by atoms with Crippen LogP contribution in [0, 0.1) is 0 Å². The molecule has 1 aliphatic rings. The van der Waals surface area contributed by atoms with E-state index in [2.05, 4.69) is 20.3 Å². The van der Waals surface area contributed by atoms with Crippen LogP contribution in [0.3, 0.4) is 0 Å². The molecular weight excluding hydrogens is 430 g/mol. The van der Waals surface area contributed by atoms with Crippen molar-refractivity contribution >= 4 is 49.1 Å². The number of H-pyrrole nitrogens is 1. The number of aromatic nitrogens is 3. The number of aryl methyl sites for hydroxylation is 1. The number of hydrogen-bond donors (Lipinski definition) is 2. The second-order valence-corrected chi connectivity index (χ2v) is 8.53. The van der Waals surface area contributed by atoms with E-state index in [-0.39, 0.29) is 30.0 Å². The van der Waals surface area contributed by atoms with E-state index >= 15 is 0 Å². The number of rotatable bonds is 5. The highest BCUT2D eigenvalue weighted by Crippen LogP contribution is 2.31. The fourth-order valence-electron chi connectivity index (χ4n) is 3.72. The number of amides is 1. The Kier molecular flexibility index (Phi) is 5.46. The Morgan fingerprint density at radius 2 is 1.91 bits per heavy atom. The Morgan fingerprint density at radius 1 is 1.12 bits per heavy atom. The molecule has 1 fully saturated rings. The summed E-state index contributed by atoms with van der Waals surface area (Å²) in [5, 5.41) is 7.03. The van der Waals surface area contributed by atoms with Gasteiger partial charge >= 0.3 is 0 Å². The van der Waals surface area contributed by atoms with Crippen molar-refractivity contribution in [2.45, 2.75) is 13.0 Å². The molecular formula is C22H21N5O4S. The third-order valence-electron chi connectivity index (χ3n) is 5.39. The first kappa shape index (κ1) is 20.4. The number of hydrogen-bond acceptors (Lipinski definition) is 7. The van der Waals surface area contributed by atoms with Gasteiger partial charge in [-0.1, -0.05) is 23.5 Å².